The predicted molar refractivity (Wildman–Crippen MR) is 32.2 cm³/mol. The van der Waals surface area contributed by atoms with Gasteiger partial charge in [-0.05, 0) is 24.6 Å². The number of rotatable bonds is 0. The first-order valence-corrected chi connectivity index (χ1v) is 2.39. The maximum atomic E-state index is 5.32. The smallest absolute Gasteiger partial charge is 0.124 e. The summed E-state index contributed by atoms with van der Waals surface area (Å²) in [6, 6.07) is 3.59. The van der Waals surface area contributed by atoms with E-state index in [-0.39, 0.29) is 0 Å². The number of nitrogen functional groups attached to an aromatic ring is 1. The van der Waals surface area contributed by atoms with Gasteiger partial charge in [0.05, 0.1) is 6.20 Å². The number of aromatic nitrogens is 1. The molecule has 0 saturated carbocycles. The van der Waals surface area contributed by atoms with Crippen LogP contribution in [0.2, 0.25) is 0 Å². The van der Waals surface area contributed by atoms with Crippen molar-refractivity contribution in [3.63, 3.8) is 0 Å². The van der Waals surface area contributed by atoms with Crippen molar-refractivity contribution in [2.45, 2.75) is 6.92 Å². The zero-order valence-corrected chi connectivity index (χ0v) is 4.68. The van der Waals surface area contributed by atoms with Crippen LogP contribution in [0.4, 0.5) is 5.82 Å². The number of anilines is 1. The summed E-state index contributed by atoms with van der Waals surface area (Å²) in [6.45, 7) is 1.95. The third-order valence-corrected chi connectivity index (χ3v) is 0.861. The Morgan fingerprint density at radius 1 is 1.75 bits per heavy atom. The van der Waals surface area contributed by atoms with Gasteiger partial charge in [0, 0.05) is 0 Å². The average Bonchev–Trinajstić information content (AvgIpc) is 1.64. The lowest BCUT2D eigenvalue weighted by Gasteiger charge is -1.89. The second kappa shape index (κ2) is 1.82. The van der Waals surface area contributed by atoms with Gasteiger partial charge in [-0.15, -0.1) is 0 Å². The second-order valence-corrected chi connectivity index (χ2v) is 1.70. The van der Waals surface area contributed by atoms with Crippen LogP contribution in [-0.4, -0.2) is 4.98 Å². The Labute approximate surface area is 48.4 Å². The van der Waals surface area contributed by atoms with E-state index in [1.54, 1.807) is 12.1 Å². The molecule has 0 atom stereocenters. The highest BCUT2D eigenvalue weighted by atomic mass is 14.8. The van der Waals surface area contributed by atoms with Gasteiger partial charge < -0.3 is 5.73 Å². The number of aryl methyl sites for hydroxylation is 1. The van der Waals surface area contributed by atoms with Gasteiger partial charge in [0.1, 0.15) is 5.82 Å². The molecule has 1 radical (unpaired) electrons. The quantitative estimate of drug-likeness (QED) is 0.532. The van der Waals surface area contributed by atoms with E-state index in [0.717, 1.165) is 5.56 Å². The maximum Gasteiger partial charge on any atom is 0.124 e. The van der Waals surface area contributed by atoms with Crippen molar-refractivity contribution in [3.8, 4) is 0 Å². The Balaban J connectivity index is 3.08. The first-order valence-electron chi connectivity index (χ1n) is 2.39. The van der Waals surface area contributed by atoms with Crippen LogP contribution >= 0.6 is 0 Å². The molecular formula is C6H7N2. The zero-order valence-electron chi connectivity index (χ0n) is 4.68. The molecule has 0 aromatic carbocycles. The maximum absolute atomic E-state index is 5.32. The van der Waals surface area contributed by atoms with E-state index in [0.29, 0.717) is 5.82 Å². The molecule has 0 aliphatic heterocycles. The summed E-state index contributed by atoms with van der Waals surface area (Å²) in [4.78, 5) is 3.69. The van der Waals surface area contributed by atoms with Gasteiger partial charge >= 0.3 is 0 Å². The average molecular weight is 107 g/mol. The number of nitrogens with zero attached hydrogens (tertiary/aromatic N) is 1. The molecule has 41 valence electrons. The molecule has 1 heterocycles. The highest BCUT2D eigenvalue weighted by molar-refractivity contribution is 5.30. The predicted octanol–water partition coefficient (Wildman–Crippen LogP) is 0.772. The van der Waals surface area contributed by atoms with Crippen molar-refractivity contribution in [1.82, 2.24) is 4.98 Å². The number of pyridine rings is 1. The minimum absolute atomic E-state index is 0.532. The standard InChI is InChI=1S/C6H7N2/c1-5-2-3-8-6(7)4-5/h2,4H,1H3,(H2,7,8). The first-order chi connectivity index (χ1) is 3.79. The highest BCUT2D eigenvalue weighted by Gasteiger charge is 1.83. The van der Waals surface area contributed by atoms with Gasteiger partial charge in [0.2, 0.25) is 0 Å². The van der Waals surface area contributed by atoms with E-state index in [4.69, 9.17) is 5.73 Å². The van der Waals surface area contributed by atoms with Crippen LogP contribution in [0.15, 0.2) is 12.1 Å². The highest BCUT2D eigenvalue weighted by Crippen LogP contribution is 1.98. The van der Waals surface area contributed by atoms with Crippen molar-refractivity contribution in [3.05, 3.63) is 23.9 Å². The van der Waals surface area contributed by atoms with Gasteiger partial charge in [-0.3, -0.25) is 0 Å². The van der Waals surface area contributed by atoms with Crippen LogP contribution in [0.1, 0.15) is 5.56 Å². The summed E-state index contributed by atoms with van der Waals surface area (Å²) in [6.07, 6.45) is 2.65. The molecule has 0 bridgehead atoms. The van der Waals surface area contributed by atoms with Crippen LogP contribution in [0.25, 0.3) is 0 Å². The molecule has 0 unspecified atom stereocenters. The minimum Gasteiger partial charge on any atom is -0.384 e. The topological polar surface area (TPSA) is 38.9 Å². The molecule has 0 saturated heterocycles. The minimum atomic E-state index is 0.532. The van der Waals surface area contributed by atoms with Gasteiger partial charge in [0.15, 0.2) is 0 Å². The molecule has 0 aliphatic carbocycles. The van der Waals surface area contributed by atoms with Gasteiger partial charge in [-0.1, -0.05) is 0 Å². The summed E-state index contributed by atoms with van der Waals surface area (Å²) in [7, 11) is 0. The van der Waals surface area contributed by atoms with Crippen molar-refractivity contribution in [2.24, 2.45) is 0 Å². The van der Waals surface area contributed by atoms with Crippen LogP contribution in [0.3, 0.4) is 0 Å². The lowest BCUT2D eigenvalue weighted by molar-refractivity contribution is 1.28. The SMILES string of the molecule is Cc1c[c]nc(N)c1. The Kier molecular flexibility index (Phi) is 1.16. The molecule has 1 aromatic heterocycles. The third-order valence-electron chi connectivity index (χ3n) is 0.861. The van der Waals surface area contributed by atoms with E-state index in [1.807, 2.05) is 6.92 Å². The Hall–Kier alpha value is -1.05. The molecular weight excluding hydrogens is 100 g/mol. The third kappa shape index (κ3) is 0.964. The summed E-state index contributed by atoms with van der Waals surface area (Å²) < 4.78 is 0. The fourth-order valence-electron chi connectivity index (χ4n) is 0.516. The largest absolute Gasteiger partial charge is 0.384 e. The molecule has 0 aliphatic rings. The molecule has 0 fully saturated rings. The van der Waals surface area contributed by atoms with Crippen molar-refractivity contribution in [1.29, 1.82) is 0 Å². The normalized spacial score (nSPS) is 9.12. The molecule has 1 rings (SSSR count). The van der Waals surface area contributed by atoms with Crippen molar-refractivity contribution in [2.75, 3.05) is 5.73 Å². The van der Waals surface area contributed by atoms with E-state index in [9.17, 15) is 0 Å². The van der Waals surface area contributed by atoms with Gasteiger partial charge in [-0.25, -0.2) is 4.98 Å². The molecule has 2 heteroatoms. The van der Waals surface area contributed by atoms with E-state index >= 15 is 0 Å². The first kappa shape index (κ1) is 5.09. The Bertz CT molecular complexity index is 166. The van der Waals surface area contributed by atoms with Crippen LogP contribution in [0, 0.1) is 13.1 Å². The van der Waals surface area contributed by atoms with E-state index < -0.39 is 0 Å². The molecule has 1 aromatic rings. The zero-order chi connectivity index (χ0) is 5.98. The molecule has 2 N–H and O–H groups in total. The molecule has 0 amide bonds. The Morgan fingerprint density at radius 2 is 2.50 bits per heavy atom. The lowest BCUT2D eigenvalue weighted by atomic mass is 10.3. The van der Waals surface area contributed by atoms with Gasteiger partial charge in [0.25, 0.3) is 0 Å². The summed E-state index contributed by atoms with van der Waals surface area (Å²) in [5.41, 5.74) is 6.41. The number of nitrogens with two attached hydrogens (primary N) is 1. The molecule has 8 heavy (non-hydrogen) atoms. The van der Waals surface area contributed by atoms with E-state index in [2.05, 4.69) is 11.2 Å². The van der Waals surface area contributed by atoms with Crippen molar-refractivity contribution >= 4 is 5.82 Å². The summed E-state index contributed by atoms with van der Waals surface area (Å²) >= 11 is 0. The molecule has 2 nitrogen and oxygen atoms in total. The monoisotopic (exact) mass is 107 g/mol. The van der Waals surface area contributed by atoms with Crippen molar-refractivity contribution < 1.29 is 0 Å². The fraction of sp³-hybridized carbons (Fsp3) is 0.167. The Morgan fingerprint density at radius 3 is 2.88 bits per heavy atom. The fourth-order valence-corrected chi connectivity index (χ4v) is 0.516. The summed E-state index contributed by atoms with van der Waals surface area (Å²) in [5.74, 6) is 0.532. The number of hydrogen-bond donors (Lipinski definition) is 1. The second-order valence-electron chi connectivity index (χ2n) is 1.70. The van der Waals surface area contributed by atoms with Crippen LogP contribution in [-0.2, 0) is 0 Å². The van der Waals surface area contributed by atoms with Crippen LogP contribution < -0.4 is 5.73 Å². The summed E-state index contributed by atoms with van der Waals surface area (Å²) in [5, 5.41) is 0. The number of hydrogen-bond acceptors (Lipinski definition) is 2. The van der Waals surface area contributed by atoms with E-state index in [1.165, 1.54) is 0 Å². The molecule has 0 spiro atoms. The lowest BCUT2D eigenvalue weighted by Crippen LogP contribution is -1.88. The van der Waals surface area contributed by atoms with Gasteiger partial charge in [-0.2, -0.15) is 0 Å². The van der Waals surface area contributed by atoms with Crippen LogP contribution in [0.5, 0.6) is 0 Å².